The van der Waals surface area contributed by atoms with E-state index in [0.29, 0.717) is 0 Å². The highest BCUT2D eigenvalue weighted by atomic mass is 16.2. The standard InChI is InChI=1S/C17H28N2O/c1-7-17(5,6)19-16(20)14(4)18-13(3)15-11-9-8-10-12(15)2/h8-11,13-14,18H,7H2,1-6H3,(H,19,20). The minimum absolute atomic E-state index is 0.0530. The number of hydrogen-bond acceptors (Lipinski definition) is 2. The topological polar surface area (TPSA) is 41.1 Å². The highest BCUT2D eigenvalue weighted by Gasteiger charge is 2.23. The second-order valence-electron chi connectivity index (χ2n) is 6.19. The Labute approximate surface area is 123 Å². The van der Waals surface area contributed by atoms with Crippen molar-refractivity contribution in [3.8, 4) is 0 Å². The van der Waals surface area contributed by atoms with Gasteiger partial charge in [-0.1, -0.05) is 31.2 Å². The summed E-state index contributed by atoms with van der Waals surface area (Å²) < 4.78 is 0. The predicted octanol–water partition coefficient (Wildman–Crippen LogP) is 3.34. The molecule has 0 aliphatic carbocycles. The second-order valence-corrected chi connectivity index (χ2v) is 6.19. The molecule has 0 saturated carbocycles. The van der Waals surface area contributed by atoms with Crippen molar-refractivity contribution in [3.63, 3.8) is 0 Å². The lowest BCUT2D eigenvalue weighted by molar-refractivity contribution is -0.124. The van der Waals surface area contributed by atoms with E-state index in [1.807, 2.05) is 32.9 Å². The van der Waals surface area contributed by atoms with Gasteiger partial charge in [-0.2, -0.15) is 0 Å². The molecule has 0 heterocycles. The maximum Gasteiger partial charge on any atom is 0.237 e. The van der Waals surface area contributed by atoms with Crippen LogP contribution in [0.25, 0.3) is 0 Å². The fourth-order valence-electron chi connectivity index (χ4n) is 2.14. The van der Waals surface area contributed by atoms with Crippen LogP contribution >= 0.6 is 0 Å². The molecule has 0 bridgehead atoms. The smallest absolute Gasteiger partial charge is 0.237 e. The first-order chi connectivity index (χ1) is 9.26. The molecule has 0 spiro atoms. The third-order valence-electron chi connectivity index (χ3n) is 3.89. The van der Waals surface area contributed by atoms with Crippen LogP contribution in [0.3, 0.4) is 0 Å². The molecule has 2 N–H and O–H groups in total. The Morgan fingerprint density at radius 3 is 2.40 bits per heavy atom. The fourth-order valence-corrected chi connectivity index (χ4v) is 2.14. The van der Waals surface area contributed by atoms with Crippen LogP contribution in [0.1, 0.15) is 58.2 Å². The molecular weight excluding hydrogens is 248 g/mol. The summed E-state index contributed by atoms with van der Waals surface area (Å²) in [7, 11) is 0. The van der Waals surface area contributed by atoms with Gasteiger partial charge in [0.05, 0.1) is 6.04 Å². The van der Waals surface area contributed by atoms with Crippen molar-refractivity contribution in [2.45, 2.75) is 65.6 Å². The van der Waals surface area contributed by atoms with Gasteiger partial charge in [0.2, 0.25) is 5.91 Å². The fraction of sp³-hybridized carbons (Fsp3) is 0.588. The first-order valence-corrected chi connectivity index (χ1v) is 7.40. The summed E-state index contributed by atoms with van der Waals surface area (Å²) in [5.41, 5.74) is 2.33. The second kappa shape index (κ2) is 6.89. The number of benzene rings is 1. The average molecular weight is 276 g/mol. The Morgan fingerprint density at radius 1 is 1.25 bits per heavy atom. The van der Waals surface area contributed by atoms with Crippen LogP contribution in [0, 0.1) is 6.92 Å². The van der Waals surface area contributed by atoms with Crippen LogP contribution in [0.2, 0.25) is 0 Å². The molecular formula is C17H28N2O. The highest BCUT2D eigenvalue weighted by Crippen LogP contribution is 2.17. The SMILES string of the molecule is CCC(C)(C)NC(=O)C(C)NC(C)c1ccccc1C. The largest absolute Gasteiger partial charge is 0.350 e. The number of aryl methyl sites for hydroxylation is 1. The lowest BCUT2D eigenvalue weighted by Crippen LogP contribution is -2.51. The quantitative estimate of drug-likeness (QED) is 0.836. The van der Waals surface area contributed by atoms with Crippen molar-refractivity contribution in [2.75, 3.05) is 0 Å². The molecule has 3 heteroatoms. The minimum Gasteiger partial charge on any atom is -0.350 e. The minimum atomic E-state index is -0.213. The van der Waals surface area contributed by atoms with E-state index in [1.54, 1.807) is 0 Å². The van der Waals surface area contributed by atoms with Gasteiger partial charge >= 0.3 is 0 Å². The molecule has 0 saturated heterocycles. The van der Waals surface area contributed by atoms with Gasteiger partial charge in [-0.15, -0.1) is 0 Å². The zero-order valence-corrected chi connectivity index (χ0v) is 13.6. The molecule has 2 atom stereocenters. The van der Waals surface area contributed by atoms with E-state index in [9.17, 15) is 4.79 Å². The molecule has 3 nitrogen and oxygen atoms in total. The molecule has 1 amide bonds. The third-order valence-corrected chi connectivity index (χ3v) is 3.89. The number of amides is 1. The Morgan fingerprint density at radius 2 is 1.85 bits per heavy atom. The molecule has 0 aromatic heterocycles. The summed E-state index contributed by atoms with van der Waals surface area (Å²) in [6.07, 6.45) is 0.915. The molecule has 1 aromatic carbocycles. The maximum absolute atomic E-state index is 12.2. The van der Waals surface area contributed by atoms with Crippen LogP contribution < -0.4 is 10.6 Å². The molecule has 2 unspecified atom stereocenters. The Bertz CT molecular complexity index is 454. The summed E-state index contributed by atoms with van der Waals surface area (Å²) in [6, 6.07) is 8.21. The molecule has 20 heavy (non-hydrogen) atoms. The lowest BCUT2D eigenvalue weighted by Gasteiger charge is -2.28. The first kappa shape index (κ1) is 16.7. The predicted molar refractivity (Wildman–Crippen MR) is 84.7 cm³/mol. The van der Waals surface area contributed by atoms with Gasteiger partial charge in [-0.05, 0) is 52.2 Å². The van der Waals surface area contributed by atoms with Crippen molar-refractivity contribution in [1.82, 2.24) is 10.6 Å². The van der Waals surface area contributed by atoms with Gasteiger partial charge in [0.1, 0.15) is 0 Å². The van der Waals surface area contributed by atoms with Gasteiger partial charge in [-0.25, -0.2) is 0 Å². The normalized spacial score (nSPS) is 14.7. The lowest BCUT2D eigenvalue weighted by atomic mass is 10.0. The van der Waals surface area contributed by atoms with Crippen LogP contribution in [0.4, 0.5) is 0 Å². The van der Waals surface area contributed by atoms with E-state index in [4.69, 9.17) is 0 Å². The van der Waals surface area contributed by atoms with Crippen molar-refractivity contribution in [1.29, 1.82) is 0 Å². The van der Waals surface area contributed by atoms with Gasteiger partial charge in [0.25, 0.3) is 0 Å². The summed E-state index contributed by atoms with van der Waals surface area (Å²) in [5, 5.41) is 6.45. The molecule has 0 aliphatic heterocycles. The van der Waals surface area contributed by atoms with E-state index in [1.165, 1.54) is 11.1 Å². The van der Waals surface area contributed by atoms with E-state index in [0.717, 1.165) is 6.42 Å². The maximum atomic E-state index is 12.2. The van der Waals surface area contributed by atoms with Gasteiger partial charge < -0.3 is 5.32 Å². The summed E-state index contributed by atoms with van der Waals surface area (Å²) in [4.78, 5) is 12.2. The third kappa shape index (κ3) is 4.64. The van der Waals surface area contributed by atoms with Gasteiger partial charge in [-0.3, -0.25) is 10.1 Å². The molecule has 1 rings (SSSR count). The zero-order chi connectivity index (χ0) is 15.3. The summed E-state index contributed by atoms with van der Waals surface area (Å²) in [6.45, 7) is 12.3. The first-order valence-electron chi connectivity index (χ1n) is 7.40. The molecule has 0 aliphatic rings. The average Bonchev–Trinajstić information content (AvgIpc) is 2.38. The number of hydrogen-bond donors (Lipinski definition) is 2. The van der Waals surface area contributed by atoms with Crippen molar-refractivity contribution in [3.05, 3.63) is 35.4 Å². The van der Waals surface area contributed by atoms with E-state index < -0.39 is 0 Å². The van der Waals surface area contributed by atoms with E-state index in [-0.39, 0.29) is 23.5 Å². The number of carbonyl (C=O) groups is 1. The van der Waals surface area contributed by atoms with E-state index in [2.05, 4.69) is 43.5 Å². The molecule has 112 valence electrons. The number of nitrogens with one attached hydrogen (secondary N) is 2. The van der Waals surface area contributed by atoms with Crippen LogP contribution in [0.15, 0.2) is 24.3 Å². The summed E-state index contributed by atoms with van der Waals surface area (Å²) in [5.74, 6) is 0.0530. The monoisotopic (exact) mass is 276 g/mol. The van der Waals surface area contributed by atoms with Crippen LogP contribution in [-0.2, 0) is 4.79 Å². The molecule has 1 aromatic rings. The Balaban J connectivity index is 2.64. The molecule has 0 fully saturated rings. The zero-order valence-electron chi connectivity index (χ0n) is 13.6. The van der Waals surface area contributed by atoms with Crippen molar-refractivity contribution >= 4 is 5.91 Å². The Kier molecular flexibility index (Phi) is 5.75. The van der Waals surface area contributed by atoms with Gasteiger partial charge in [0, 0.05) is 11.6 Å². The van der Waals surface area contributed by atoms with Crippen molar-refractivity contribution in [2.24, 2.45) is 0 Å². The summed E-state index contributed by atoms with van der Waals surface area (Å²) >= 11 is 0. The highest BCUT2D eigenvalue weighted by molar-refractivity contribution is 5.82. The number of rotatable bonds is 6. The van der Waals surface area contributed by atoms with Crippen molar-refractivity contribution < 1.29 is 4.79 Å². The van der Waals surface area contributed by atoms with Gasteiger partial charge in [0.15, 0.2) is 0 Å². The van der Waals surface area contributed by atoms with E-state index >= 15 is 0 Å². The van der Waals surface area contributed by atoms with Crippen LogP contribution in [0.5, 0.6) is 0 Å². The van der Waals surface area contributed by atoms with Crippen LogP contribution in [-0.4, -0.2) is 17.5 Å². The molecule has 0 radical (unpaired) electrons. The number of carbonyl (C=O) groups excluding carboxylic acids is 1. The Hall–Kier alpha value is -1.35.